The zero-order valence-electron chi connectivity index (χ0n) is 4.69. The molecule has 3 heteroatoms. The van der Waals surface area contributed by atoms with Gasteiger partial charge in [-0.15, -0.1) is 0 Å². The van der Waals surface area contributed by atoms with Gasteiger partial charge in [0.2, 0.25) is 0 Å². The van der Waals surface area contributed by atoms with E-state index >= 15 is 0 Å². The summed E-state index contributed by atoms with van der Waals surface area (Å²) in [5.74, 6) is 0. The molecule has 4 heterocycles. The molecule has 0 aliphatic carbocycles. The molecule has 0 aromatic carbocycles. The molecule has 0 amide bonds. The lowest BCUT2D eigenvalue weighted by molar-refractivity contribution is -0.0419. The Morgan fingerprint density at radius 1 is 0.444 bits per heavy atom. The summed E-state index contributed by atoms with van der Waals surface area (Å²) in [5.41, 5.74) is 0. The molecule has 0 radical (unpaired) electrons. The van der Waals surface area contributed by atoms with Gasteiger partial charge in [-0.25, -0.2) is 0 Å². The van der Waals surface area contributed by atoms with Crippen LogP contribution in [0.2, 0.25) is 0 Å². The van der Waals surface area contributed by atoms with Crippen LogP contribution in [0.25, 0.3) is 0 Å². The SMILES string of the molecule is O1C2C1C1OC2C2OC21. The molecular weight excluding hydrogens is 120 g/mol. The zero-order valence-corrected chi connectivity index (χ0v) is 4.69. The van der Waals surface area contributed by atoms with Crippen LogP contribution < -0.4 is 0 Å². The maximum Gasteiger partial charge on any atom is 0.116 e. The van der Waals surface area contributed by atoms with E-state index in [1.54, 1.807) is 0 Å². The fourth-order valence-corrected chi connectivity index (χ4v) is 2.19. The number of epoxide rings is 2. The molecule has 4 saturated heterocycles. The van der Waals surface area contributed by atoms with Crippen molar-refractivity contribution >= 4 is 0 Å². The van der Waals surface area contributed by atoms with Crippen molar-refractivity contribution in [2.24, 2.45) is 0 Å². The molecule has 0 aromatic heterocycles. The van der Waals surface area contributed by atoms with Crippen LogP contribution in [0.4, 0.5) is 0 Å². The molecular formula is C6H6O3. The predicted molar refractivity (Wildman–Crippen MR) is 26.0 cm³/mol. The first-order valence-electron chi connectivity index (χ1n) is 3.41. The Kier molecular flexibility index (Phi) is 0.371. The average Bonchev–Trinajstić information content (AvgIpc) is 2.74. The van der Waals surface area contributed by atoms with Crippen molar-refractivity contribution in [3.05, 3.63) is 0 Å². The maximum atomic E-state index is 5.55. The van der Waals surface area contributed by atoms with E-state index in [9.17, 15) is 0 Å². The van der Waals surface area contributed by atoms with Gasteiger partial charge in [-0.2, -0.15) is 0 Å². The Balaban J connectivity index is 1.91. The maximum absolute atomic E-state index is 5.55. The lowest BCUT2D eigenvalue weighted by atomic mass is 10.0. The minimum atomic E-state index is 0.310. The fourth-order valence-electron chi connectivity index (χ4n) is 2.19. The summed E-state index contributed by atoms with van der Waals surface area (Å²) in [6.45, 7) is 0. The van der Waals surface area contributed by atoms with Gasteiger partial charge in [-0.1, -0.05) is 0 Å². The number of rotatable bonds is 0. The summed E-state index contributed by atoms with van der Waals surface area (Å²) in [4.78, 5) is 0. The second kappa shape index (κ2) is 0.856. The Bertz CT molecular complexity index is 157. The van der Waals surface area contributed by atoms with E-state index < -0.39 is 0 Å². The second-order valence-corrected chi connectivity index (χ2v) is 3.20. The lowest BCUT2D eigenvalue weighted by Gasteiger charge is -2.06. The molecule has 9 heavy (non-hydrogen) atoms. The summed E-state index contributed by atoms with van der Waals surface area (Å²) in [7, 11) is 0. The Morgan fingerprint density at radius 3 is 0.889 bits per heavy atom. The smallest absolute Gasteiger partial charge is 0.116 e. The van der Waals surface area contributed by atoms with Crippen molar-refractivity contribution in [2.75, 3.05) is 0 Å². The summed E-state index contributed by atoms with van der Waals surface area (Å²) in [6.07, 6.45) is 2.28. The highest BCUT2D eigenvalue weighted by Crippen LogP contribution is 2.56. The van der Waals surface area contributed by atoms with Crippen molar-refractivity contribution in [2.45, 2.75) is 36.6 Å². The third kappa shape index (κ3) is 0.268. The second-order valence-electron chi connectivity index (χ2n) is 3.20. The molecule has 0 N–H and O–H groups in total. The third-order valence-electron chi connectivity index (χ3n) is 2.73. The summed E-state index contributed by atoms with van der Waals surface area (Å²) in [5, 5.41) is 0. The van der Waals surface area contributed by atoms with Crippen molar-refractivity contribution < 1.29 is 14.2 Å². The fraction of sp³-hybridized carbons (Fsp3) is 1.00. The van der Waals surface area contributed by atoms with Crippen LogP contribution in [0, 0.1) is 0 Å². The molecule has 0 unspecified atom stereocenters. The van der Waals surface area contributed by atoms with E-state index in [0.29, 0.717) is 36.6 Å². The van der Waals surface area contributed by atoms with Gasteiger partial charge < -0.3 is 14.2 Å². The molecule has 4 aliphatic rings. The highest BCUT2D eigenvalue weighted by molar-refractivity contribution is 5.22. The first-order chi connectivity index (χ1) is 4.45. The van der Waals surface area contributed by atoms with Crippen molar-refractivity contribution in [1.29, 1.82) is 0 Å². The van der Waals surface area contributed by atoms with Gasteiger partial charge in [0.1, 0.15) is 36.6 Å². The Morgan fingerprint density at radius 2 is 0.667 bits per heavy atom. The molecule has 0 saturated carbocycles. The quantitative estimate of drug-likeness (QED) is 0.402. The molecule has 3 nitrogen and oxygen atoms in total. The van der Waals surface area contributed by atoms with E-state index in [0.717, 1.165) is 0 Å². The van der Waals surface area contributed by atoms with E-state index in [1.165, 1.54) is 0 Å². The third-order valence-corrected chi connectivity index (χ3v) is 2.73. The standard InChI is InChI=1S/C6H6O3/c7-1-2(7)6-4-3(8-4)5(1)9-6/h1-6H. The summed E-state index contributed by atoms with van der Waals surface area (Å²) in [6, 6.07) is 0. The van der Waals surface area contributed by atoms with Gasteiger partial charge in [0.15, 0.2) is 0 Å². The Hall–Kier alpha value is -0.120. The molecule has 48 valence electrons. The average molecular weight is 126 g/mol. The van der Waals surface area contributed by atoms with Crippen LogP contribution in [-0.2, 0) is 14.2 Å². The molecule has 4 rings (SSSR count). The minimum absolute atomic E-state index is 0.310. The first-order valence-corrected chi connectivity index (χ1v) is 3.41. The van der Waals surface area contributed by atoms with Crippen molar-refractivity contribution in [3.8, 4) is 0 Å². The van der Waals surface area contributed by atoms with Crippen LogP contribution in [0.15, 0.2) is 0 Å². The molecule has 0 atom stereocenters. The van der Waals surface area contributed by atoms with Crippen LogP contribution in [0.1, 0.15) is 0 Å². The van der Waals surface area contributed by atoms with Gasteiger partial charge in [0.05, 0.1) is 0 Å². The normalized spacial score (nSPS) is 80.0. The van der Waals surface area contributed by atoms with Gasteiger partial charge in [-0.05, 0) is 0 Å². The van der Waals surface area contributed by atoms with Crippen LogP contribution >= 0.6 is 0 Å². The van der Waals surface area contributed by atoms with Crippen LogP contribution in [-0.4, -0.2) is 36.6 Å². The van der Waals surface area contributed by atoms with Crippen molar-refractivity contribution in [1.82, 2.24) is 0 Å². The number of hydrogen-bond donors (Lipinski definition) is 0. The Labute approximate surface area is 51.9 Å². The van der Waals surface area contributed by atoms with Crippen LogP contribution in [0.3, 0.4) is 0 Å². The highest BCUT2D eigenvalue weighted by Gasteiger charge is 2.76. The zero-order chi connectivity index (χ0) is 5.59. The van der Waals surface area contributed by atoms with E-state index in [-0.39, 0.29) is 0 Å². The number of hydrogen-bond acceptors (Lipinski definition) is 3. The molecule has 4 fully saturated rings. The predicted octanol–water partition coefficient (Wildman–Crippen LogP) is -0.698. The molecule has 4 aliphatic heterocycles. The highest BCUT2D eigenvalue weighted by atomic mass is 16.7. The number of fused-ring (bicyclic) bond motifs is 8. The van der Waals surface area contributed by atoms with Crippen LogP contribution in [0.5, 0.6) is 0 Å². The van der Waals surface area contributed by atoms with Gasteiger partial charge >= 0.3 is 0 Å². The monoisotopic (exact) mass is 126 g/mol. The molecule has 0 aromatic rings. The van der Waals surface area contributed by atoms with E-state index in [4.69, 9.17) is 14.2 Å². The summed E-state index contributed by atoms with van der Waals surface area (Å²) >= 11 is 0. The van der Waals surface area contributed by atoms with Gasteiger partial charge in [0.25, 0.3) is 0 Å². The number of ether oxygens (including phenoxy) is 3. The largest absolute Gasteiger partial charge is 0.364 e. The minimum Gasteiger partial charge on any atom is -0.364 e. The van der Waals surface area contributed by atoms with E-state index in [2.05, 4.69) is 0 Å². The lowest BCUT2D eigenvalue weighted by Crippen LogP contribution is -2.20. The molecule has 0 spiro atoms. The topological polar surface area (TPSA) is 34.3 Å². The molecule has 2 bridgehead atoms. The summed E-state index contributed by atoms with van der Waals surface area (Å²) < 4.78 is 16.2. The van der Waals surface area contributed by atoms with Gasteiger partial charge in [-0.3, -0.25) is 0 Å². The van der Waals surface area contributed by atoms with Gasteiger partial charge in [0, 0.05) is 0 Å². The van der Waals surface area contributed by atoms with E-state index in [1.807, 2.05) is 0 Å². The first kappa shape index (κ1) is 3.91. The van der Waals surface area contributed by atoms with Crippen molar-refractivity contribution in [3.63, 3.8) is 0 Å².